The quantitative estimate of drug-likeness (QED) is 0.131. The Hall–Kier alpha value is -9.51. The Kier molecular flexibility index (Phi) is 43.8. The molecular formula is C94H132N8OS+4. The van der Waals surface area contributed by atoms with Crippen molar-refractivity contribution in [1.82, 2.24) is 19.5 Å². The molecular weight excluding hydrogens is 1290 g/mol. The van der Waals surface area contributed by atoms with Gasteiger partial charge in [0.2, 0.25) is 5.52 Å². The molecule has 0 N–H and O–H groups in total. The first-order valence-electron chi connectivity index (χ1n) is 38.8. The number of furan rings is 1. The van der Waals surface area contributed by atoms with Crippen molar-refractivity contribution >= 4 is 96.9 Å². The molecule has 0 unspecified atom stereocenters. The number of aryl methyl sites for hydroxylation is 11. The monoisotopic (exact) mass is 1420 g/mol. The number of benzene rings is 8. The van der Waals surface area contributed by atoms with Crippen LogP contribution in [-0.2, 0) is 35.2 Å². The number of fused-ring (bicyclic) bond motifs is 12. The maximum absolute atomic E-state index is 5.97. The van der Waals surface area contributed by atoms with Crippen LogP contribution < -0.4 is 18.3 Å². The predicted octanol–water partition coefficient (Wildman–Crippen LogP) is 26.6. The van der Waals surface area contributed by atoms with Crippen molar-refractivity contribution in [1.29, 1.82) is 0 Å². The lowest BCUT2D eigenvalue weighted by Gasteiger charge is -2.11. The van der Waals surface area contributed by atoms with E-state index in [1.807, 2.05) is 263 Å². The smallest absolute Gasteiger partial charge is 0.330 e. The molecule has 0 atom stereocenters. The first-order chi connectivity index (χ1) is 50.7. The summed E-state index contributed by atoms with van der Waals surface area (Å²) in [4.78, 5) is 13.6. The number of hydrogen-bond acceptors (Lipinski definition) is 5. The van der Waals surface area contributed by atoms with Gasteiger partial charge >= 0.3 is 17.5 Å². The second-order valence-electron chi connectivity index (χ2n) is 21.6. The average Bonchev–Trinajstić information content (AvgIpc) is 1.03. The van der Waals surface area contributed by atoms with E-state index in [-0.39, 0.29) is 0 Å². The molecule has 15 rings (SSSR count). The molecule has 0 spiro atoms. The molecule has 7 aromatic heterocycles. The number of aromatic nitrogens is 8. The van der Waals surface area contributed by atoms with E-state index in [1.165, 1.54) is 108 Å². The average molecular weight is 1420 g/mol. The highest BCUT2D eigenvalue weighted by atomic mass is 32.1. The van der Waals surface area contributed by atoms with Gasteiger partial charge < -0.3 is 8.98 Å². The third-order valence-electron chi connectivity index (χ3n) is 16.3. The second kappa shape index (κ2) is 49.2. The minimum absolute atomic E-state index is 0.905. The summed E-state index contributed by atoms with van der Waals surface area (Å²) in [5.74, 6) is 2.94. The first kappa shape index (κ1) is 92.5. The molecule has 8 aromatic carbocycles. The van der Waals surface area contributed by atoms with Gasteiger partial charge in [-0.3, -0.25) is 0 Å². The van der Waals surface area contributed by atoms with Crippen LogP contribution in [0.15, 0.2) is 206 Å². The van der Waals surface area contributed by atoms with Crippen LogP contribution in [-0.4, -0.2) is 19.5 Å². The molecule has 0 aliphatic rings. The van der Waals surface area contributed by atoms with Gasteiger partial charge in [0.25, 0.3) is 0 Å². The standard InChI is InChI=1S/C19H18N3.C18H15N2O.C18H15N2S.C17H18N.11C2H6/c1-13-11-16-14-7-4-5-8-17(14)22(3)18(16)12-15(13)19-20-9-6-10-21(19)2;2*1-12-10-15-13-6-3-4-7-16(13)21-17(15)11-14(12)18-19-8-5-9-20(18)2;1-11-7-5-8-14-12(2)13(3)15-9-6-10-18(4)17(15)16(11)14;11*1-2/h4-12H,1-3H3;2*3-11H,1-2H3;5-10H,1-4H3;11*1-2H3/q4*+1;;;;;;;;;;;. The van der Waals surface area contributed by atoms with Crippen molar-refractivity contribution in [3.8, 4) is 34.2 Å². The fourth-order valence-electron chi connectivity index (χ4n) is 11.8. The maximum Gasteiger partial charge on any atom is 0.330 e. The molecule has 556 valence electrons. The molecule has 0 saturated heterocycles. The van der Waals surface area contributed by atoms with Gasteiger partial charge in [-0.25, -0.2) is 18.3 Å². The molecule has 15 aromatic rings. The molecule has 104 heavy (non-hydrogen) atoms. The molecule has 7 heterocycles. The largest absolute Gasteiger partial charge is 0.456 e. The summed E-state index contributed by atoms with van der Waals surface area (Å²) in [6.07, 6.45) is 13.7. The summed E-state index contributed by atoms with van der Waals surface area (Å²) in [5.41, 5.74) is 17.0. The summed E-state index contributed by atoms with van der Waals surface area (Å²) in [6.45, 7) is 57.1. The summed E-state index contributed by atoms with van der Waals surface area (Å²) in [6, 6.07) is 55.4. The maximum atomic E-state index is 5.97. The van der Waals surface area contributed by atoms with E-state index >= 15 is 0 Å². The van der Waals surface area contributed by atoms with E-state index in [4.69, 9.17) is 4.42 Å². The zero-order chi connectivity index (χ0) is 78.9. The van der Waals surface area contributed by atoms with Gasteiger partial charge in [0.1, 0.15) is 36.8 Å². The van der Waals surface area contributed by atoms with Crippen molar-refractivity contribution in [2.24, 2.45) is 35.2 Å². The highest BCUT2D eigenvalue weighted by molar-refractivity contribution is 7.25. The van der Waals surface area contributed by atoms with Crippen LogP contribution in [0.5, 0.6) is 0 Å². The minimum Gasteiger partial charge on any atom is -0.456 e. The van der Waals surface area contributed by atoms with E-state index < -0.39 is 0 Å². The highest BCUT2D eigenvalue weighted by Gasteiger charge is 2.22. The topological polar surface area (TPSA) is 72.3 Å². The van der Waals surface area contributed by atoms with E-state index in [2.05, 4.69) is 216 Å². The van der Waals surface area contributed by atoms with Gasteiger partial charge in [0.05, 0.1) is 67.2 Å². The Morgan fingerprint density at radius 3 is 1.23 bits per heavy atom. The van der Waals surface area contributed by atoms with Crippen molar-refractivity contribution in [3.63, 3.8) is 0 Å². The Morgan fingerprint density at radius 2 is 0.712 bits per heavy atom. The Morgan fingerprint density at radius 1 is 0.308 bits per heavy atom. The summed E-state index contributed by atoms with van der Waals surface area (Å²) >= 11 is 1.85. The Bertz CT molecular complexity index is 4750. The van der Waals surface area contributed by atoms with Crippen LogP contribution in [0.2, 0.25) is 0 Å². The highest BCUT2D eigenvalue weighted by Crippen LogP contribution is 2.39. The Balaban J connectivity index is 0.000000636. The van der Waals surface area contributed by atoms with E-state index in [9.17, 15) is 0 Å². The van der Waals surface area contributed by atoms with Gasteiger partial charge in [-0.15, -0.1) is 11.3 Å². The third kappa shape index (κ3) is 21.8. The van der Waals surface area contributed by atoms with Crippen LogP contribution in [0.1, 0.15) is 186 Å². The molecule has 0 aliphatic heterocycles. The first-order valence-corrected chi connectivity index (χ1v) is 39.6. The molecule has 9 nitrogen and oxygen atoms in total. The number of nitrogens with zero attached hydrogens (tertiary/aromatic N) is 8. The van der Waals surface area contributed by atoms with Gasteiger partial charge in [-0.05, 0) is 156 Å². The third-order valence-corrected chi connectivity index (χ3v) is 17.4. The predicted molar refractivity (Wildman–Crippen MR) is 463 cm³/mol. The minimum atomic E-state index is 0.905. The van der Waals surface area contributed by atoms with Gasteiger partial charge in [-0.1, -0.05) is 225 Å². The molecule has 0 amide bonds. The van der Waals surface area contributed by atoms with Crippen LogP contribution in [0, 0.1) is 41.5 Å². The van der Waals surface area contributed by atoms with Crippen LogP contribution in [0.3, 0.4) is 0 Å². The van der Waals surface area contributed by atoms with Crippen LogP contribution in [0.25, 0.3) is 120 Å². The van der Waals surface area contributed by atoms with Crippen molar-refractivity contribution in [2.45, 2.75) is 194 Å². The second-order valence-corrected chi connectivity index (χ2v) is 22.7. The molecule has 0 aliphatic carbocycles. The zero-order valence-corrected chi connectivity index (χ0v) is 71.3. The number of pyridine rings is 1. The van der Waals surface area contributed by atoms with Crippen molar-refractivity contribution in [3.05, 3.63) is 234 Å². The van der Waals surface area contributed by atoms with Gasteiger partial charge in [0.15, 0.2) is 6.20 Å². The summed E-state index contributed by atoms with van der Waals surface area (Å²) < 4.78 is 19.3. The normalized spacial score (nSPS) is 9.59. The summed E-state index contributed by atoms with van der Waals surface area (Å²) in [5, 5.41) is 11.7. The molecule has 0 bridgehead atoms. The van der Waals surface area contributed by atoms with E-state index in [1.54, 1.807) is 0 Å². The van der Waals surface area contributed by atoms with Crippen molar-refractivity contribution in [2.75, 3.05) is 0 Å². The lowest BCUT2D eigenvalue weighted by Crippen LogP contribution is -2.31. The summed E-state index contributed by atoms with van der Waals surface area (Å²) in [7, 11) is 10.3. The van der Waals surface area contributed by atoms with Crippen LogP contribution >= 0.6 is 11.3 Å². The van der Waals surface area contributed by atoms with E-state index in [0.29, 0.717) is 0 Å². The molecule has 0 radical (unpaired) electrons. The molecule has 0 fully saturated rings. The molecule has 0 saturated carbocycles. The number of para-hydroxylation sites is 2. The fraction of sp³-hybridized carbons (Fsp3) is 0.351. The van der Waals surface area contributed by atoms with Crippen LogP contribution in [0.4, 0.5) is 0 Å². The SMILES string of the molecule is CC.CC.CC.CC.CC.CC.CC.CC.CC.CC.CC.Cc1c(C)c2ccc[n+](C)c2c2c(C)cccc12.Cc1cc2c(cc1-c1nccc[n+]1C)oc1ccccc12.Cc1cc2c(cc1-c1nccc[n+]1C)sc1ccccc12.Cc1cc2c3ccccc3n(C)c2cc1-c1nccc[n+]1C. The zero-order valence-electron chi connectivity index (χ0n) is 70.4. The molecule has 10 heteroatoms. The lowest BCUT2D eigenvalue weighted by atomic mass is 9.93. The number of hydrogen-bond donors (Lipinski definition) is 0. The van der Waals surface area contributed by atoms with E-state index in [0.717, 1.165) is 45.0 Å². The van der Waals surface area contributed by atoms with Gasteiger partial charge in [0, 0.05) is 84.1 Å². The number of rotatable bonds is 3. The number of thiophene rings is 1. The van der Waals surface area contributed by atoms with Gasteiger partial charge in [-0.2, -0.15) is 0 Å². The Labute approximate surface area is 633 Å². The fourth-order valence-corrected chi connectivity index (χ4v) is 13.0. The van der Waals surface area contributed by atoms with Crippen molar-refractivity contribution < 1.29 is 22.7 Å². The lowest BCUT2D eigenvalue weighted by molar-refractivity contribution is -0.663.